The van der Waals surface area contributed by atoms with Gasteiger partial charge in [0.25, 0.3) is 5.91 Å². The van der Waals surface area contributed by atoms with E-state index in [1.165, 1.54) is 0 Å². The van der Waals surface area contributed by atoms with Gasteiger partial charge in [-0.25, -0.2) is 9.78 Å². The van der Waals surface area contributed by atoms with Crippen LogP contribution in [0.3, 0.4) is 0 Å². The number of alkyl carbamates (subject to hydrolysis) is 1. The summed E-state index contributed by atoms with van der Waals surface area (Å²) in [5, 5.41) is 4.44. The number of rotatable bonds is 8. The van der Waals surface area contributed by atoms with E-state index in [-0.39, 0.29) is 17.9 Å². The maximum Gasteiger partial charge on any atom is 0.409 e. The van der Waals surface area contributed by atoms with Gasteiger partial charge in [-0.3, -0.25) is 10.1 Å². The molecular weight excluding hydrogens is 458 g/mol. The van der Waals surface area contributed by atoms with Crippen LogP contribution in [-0.2, 0) is 22.4 Å². The van der Waals surface area contributed by atoms with Crippen LogP contribution in [0.25, 0.3) is 21.9 Å². The zero-order chi connectivity index (χ0) is 25.9. The van der Waals surface area contributed by atoms with Gasteiger partial charge in [0.2, 0.25) is 0 Å². The van der Waals surface area contributed by atoms with Gasteiger partial charge in [0.05, 0.1) is 24.2 Å². The van der Waals surface area contributed by atoms with E-state index in [4.69, 9.17) is 20.9 Å². The van der Waals surface area contributed by atoms with Crippen molar-refractivity contribution in [1.29, 1.82) is 0 Å². The molecule has 188 valence electrons. The zero-order valence-corrected chi connectivity index (χ0v) is 20.7. The maximum absolute atomic E-state index is 12.6. The van der Waals surface area contributed by atoms with Crippen molar-refractivity contribution in [2.45, 2.75) is 45.6 Å². The number of nitrogen functional groups attached to an aromatic ring is 1. The fourth-order valence-corrected chi connectivity index (χ4v) is 4.06. The van der Waals surface area contributed by atoms with Crippen LogP contribution in [0.15, 0.2) is 60.7 Å². The number of hydrogen-bond acceptors (Lipinski definition) is 6. The van der Waals surface area contributed by atoms with Gasteiger partial charge in [-0.2, -0.15) is 0 Å². The first-order chi connectivity index (χ1) is 17.1. The standard InChI is InChI=1S/C27H31N5O4/c1-27(2,3)36-26(34)30-22(35-14-13-17-9-5-4-6-10-17)16-32-21-12-8-7-11-18(21)19-15-20(24(29)33)23(28)31-25(19)32/h4-12,15,22H,13-14,16H2,1-3H3,(H2,28,31)(H2,29,33)(H,30,34)/t22-/m0/s1. The maximum atomic E-state index is 12.6. The molecule has 4 rings (SSSR count). The molecule has 0 unspecified atom stereocenters. The SMILES string of the molecule is CC(C)(C)OC(=O)N[C@H](Cn1c2ccccc2c2cc(C(N)=O)c(N)nc21)OCCc1ccccc1. The number of ether oxygens (including phenoxy) is 2. The quantitative estimate of drug-likeness (QED) is 0.321. The fraction of sp³-hybridized carbons (Fsp3) is 0.296. The smallest absolute Gasteiger partial charge is 0.409 e. The number of anilines is 1. The van der Waals surface area contributed by atoms with Crippen molar-refractivity contribution in [3.05, 3.63) is 71.8 Å². The molecule has 9 nitrogen and oxygen atoms in total. The number of nitrogens with zero attached hydrogens (tertiary/aromatic N) is 2. The van der Waals surface area contributed by atoms with Crippen LogP contribution in [0.2, 0.25) is 0 Å². The largest absolute Gasteiger partial charge is 0.444 e. The van der Waals surface area contributed by atoms with Crippen LogP contribution in [0.4, 0.5) is 10.6 Å². The summed E-state index contributed by atoms with van der Waals surface area (Å²) in [6.07, 6.45) is -0.633. The van der Waals surface area contributed by atoms with Crippen LogP contribution < -0.4 is 16.8 Å². The lowest BCUT2D eigenvalue weighted by molar-refractivity contribution is 0.000848. The Morgan fingerprint density at radius 3 is 2.44 bits per heavy atom. The normalized spacial score (nSPS) is 12.5. The Labute approximate surface area is 209 Å². The van der Waals surface area contributed by atoms with Gasteiger partial charge in [0.15, 0.2) is 6.23 Å². The number of carbonyl (C=O) groups excluding carboxylic acids is 2. The van der Waals surface area contributed by atoms with Crippen molar-refractivity contribution in [2.24, 2.45) is 5.73 Å². The Balaban J connectivity index is 1.68. The zero-order valence-electron chi connectivity index (χ0n) is 20.7. The summed E-state index contributed by atoms with van der Waals surface area (Å²) >= 11 is 0. The van der Waals surface area contributed by atoms with E-state index in [1.54, 1.807) is 26.8 Å². The minimum Gasteiger partial charge on any atom is -0.444 e. The molecule has 0 saturated heterocycles. The second-order valence-electron chi connectivity index (χ2n) is 9.53. The average Bonchev–Trinajstić information content (AvgIpc) is 3.10. The second kappa shape index (κ2) is 10.2. The highest BCUT2D eigenvalue weighted by molar-refractivity contribution is 6.10. The van der Waals surface area contributed by atoms with Crippen molar-refractivity contribution in [3.8, 4) is 0 Å². The first kappa shape index (κ1) is 25.0. The third-order valence-corrected chi connectivity index (χ3v) is 5.62. The van der Waals surface area contributed by atoms with E-state index in [0.29, 0.717) is 18.7 Å². The lowest BCUT2D eigenvalue weighted by Crippen LogP contribution is -2.43. The van der Waals surface area contributed by atoms with E-state index >= 15 is 0 Å². The predicted octanol–water partition coefficient (Wildman–Crippen LogP) is 3.98. The van der Waals surface area contributed by atoms with Crippen molar-refractivity contribution >= 4 is 39.8 Å². The van der Waals surface area contributed by atoms with Crippen molar-refractivity contribution in [2.75, 3.05) is 12.3 Å². The molecule has 0 radical (unpaired) electrons. The number of carbonyl (C=O) groups is 2. The first-order valence-corrected chi connectivity index (χ1v) is 11.7. The summed E-state index contributed by atoms with van der Waals surface area (Å²) < 4.78 is 13.5. The summed E-state index contributed by atoms with van der Waals surface area (Å²) in [6.45, 7) is 6.01. The van der Waals surface area contributed by atoms with Gasteiger partial charge in [0.1, 0.15) is 17.1 Å². The molecule has 0 spiro atoms. The third kappa shape index (κ3) is 5.75. The van der Waals surface area contributed by atoms with Gasteiger partial charge in [-0.05, 0) is 44.9 Å². The molecule has 9 heteroatoms. The lowest BCUT2D eigenvalue weighted by atomic mass is 10.1. The molecule has 0 aliphatic carbocycles. The number of primary amides is 1. The van der Waals surface area contributed by atoms with Gasteiger partial charge in [0, 0.05) is 10.8 Å². The van der Waals surface area contributed by atoms with E-state index in [1.807, 2.05) is 59.2 Å². The van der Waals surface area contributed by atoms with E-state index in [9.17, 15) is 9.59 Å². The van der Waals surface area contributed by atoms with Crippen LogP contribution in [0, 0.1) is 0 Å². The first-order valence-electron chi connectivity index (χ1n) is 11.7. The molecule has 2 aromatic carbocycles. The topological polar surface area (TPSA) is 134 Å². The number of fused-ring (bicyclic) bond motifs is 3. The fourth-order valence-electron chi connectivity index (χ4n) is 4.06. The second-order valence-corrected chi connectivity index (χ2v) is 9.53. The number of benzene rings is 2. The molecule has 4 aromatic rings. The number of amides is 2. The Morgan fingerprint density at radius 2 is 1.75 bits per heavy atom. The minimum atomic E-state index is -0.721. The van der Waals surface area contributed by atoms with Gasteiger partial charge in [-0.15, -0.1) is 0 Å². The molecule has 5 N–H and O–H groups in total. The molecule has 0 fully saturated rings. The number of para-hydroxylation sites is 1. The summed E-state index contributed by atoms with van der Waals surface area (Å²) in [5.41, 5.74) is 13.6. The summed E-state index contributed by atoms with van der Waals surface area (Å²) in [5.74, 6) is -0.604. The lowest BCUT2D eigenvalue weighted by Gasteiger charge is -2.24. The van der Waals surface area contributed by atoms with E-state index in [2.05, 4.69) is 10.3 Å². The van der Waals surface area contributed by atoms with Crippen molar-refractivity contribution in [1.82, 2.24) is 14.9 Å². The Bertz CT molecular complexity index is 1390. The summed E-state index contributed by atoms with van der Waals surface area (Å²) in [4.78, 5) is 29.0. The molecule has 2 aromatic heterocycles. The monoisotopic (exact) mass is 489 g/mol. The number of aromatic nitrogens is 2. The summed E-state index contributed by atoms with van der Waals surface area (Å²) in [7, 11) is 0. The minimum absolute atomic E-state index is 0.0423. The predicted molar refractivity (Wildman–Crippen MR) is 139 cm³/mol. The number of hydrogen-bond donors (Lipinski definition) is 3. The highest BCUT2D eigenvalue weighted by Crippen LogP contribution is 2.30. The van der Waals surface area contributed by atoms with Crippen molar-refractivity contribution in [3.63, 3.8) is 0 Å². The van der Waals surface area contributed by atoms with Gasteiger partial charge in [-0.1, -0.05) is 48.5 Å². The third-order valence-electron chi connectivity index (χ3n) is 5.62. The molecule has 0 aliphatic rings. The van der Waals surface area contributed by atoms with E-state index in [0.717, 1.165) is 21.9 Å². The summed E-state index contributed by atoms with van der Waals surface area (Å²) in [6, 6.07) is 19.3. The van der Waals surface area contributed by atoms with Crippen molar-refractivity contribution < 1.29 is 19.1 Å². The molecule has 2 amide bonds. The number of nitrogens with one attached hydrogen (secondary N) is 1. The molecule has 0 bridgehead atoms. The van der Waals surface area contributed by atoms with E-state index < -0.39 is 23.8 Å². The Morgan fingerprint density at radius 1 is 1.06 bits per heavy atom. The van der Waals surface area contributed by atoms with Crippen LogP contribution >= 0.6 is 0 Å². The number of pyridine rings is 1. The Hall–Kier alpha value is -4.11. The molecule has 2 heterocycles. The molecule has 0 saturated carbocycles. The highest BCUT2D eigenvalue weighted by atomic mass is 16.6. The van der Waals surface area contributed by atoms with Crippen LogP contribution in [-0.4, -0.2) is 40.0 Å². The van der Waals surface area contributed by atoms with Crippen LogP contribution in [0.5, 0.6) is 0 Å². The highest BCUT2D eigenvalue weighted by Gasteiger charge is 2.23. The molecule has 36 heavy (non-hydrogen) atoms. The van der Waals surface area contributed by atoms with Gasteiger partial charge >= 0.3 is 6.09 Å². The molecular formula is C27H31N5O4. The average molecular weight is 490 g/mol. The molecule has 1 atom stereocenters. The van der Waals surface area contributed by atoms with Gasteiger partial charge < -0.3 is 25.5 Å². The number of nitrogens with two attached hydrogens (primary N) is 2. The molecule has 0 aliphatic heterocycles. The Kier molecular flexibility index (Phi) is 7.12. The van der Waals surface area contributed by atoms with Crippen LogP contribution in [0.1, 0.15) is 36.7 Å².